The number of H-pyrrole nitrogens is 1. The number of nitrogens with one attached hydrogen (secondary N) is 1. The molecule has 10 heteroatoms. The van der Waals surface area contributed by atoms with E-state index in [1.165, 1.54) is 18.2 Å². The van der Waals surface area contributed by atoms with E-state index in [0.717, 1.165) is 50.0 Å². The summed E-state index contributed by atoms with van der Waals surface area (Å²) in [5.41, 5.74) is 2.50. The lowest BCUT2D eigenvalue weighted by atomic mass is 10.0. The average molecular weight is 494 g/mol. The summed E-state index contributed by atoms with van der Waals surface area (Å²) in [4.78, 5) is 16.0. The van der Waals surface area contributed by atoms with Crippen LogP contribution in [0.2, 0.25) is 0 Å². The Bertz CT molecular complexity index is 1400. The molecule has 2 aromatic heterocycles. The van der Waals surface area contributed by atoms with Gasteiger partial charge < -0.3 is 14.2 Å². The van der Waals surface area contributed by atoms with Crippen molar-refractivity contribution >= 4 is 5.69 Å². The van der Waals surface area contributed by atoms with Gasteiger partial charge in [-0.3, -0.25) is 9.51 Å². The molecule has 1 N–H and O–H groups in total. The van der Waals surface area contributed by atoms with Crippen LogP contribution < -0.4 is 10.7 Å². The summed E-state index contributed by atoms with van der Waals surface area (Å²) in [6.07, 6.45) is 3.59. The summed E-state index contributed by atoms with van der Waals surface area (Å²) in [5.74, 6) is -0.606. The minimum atomic E-state index is -0.666. The minimum absolute atomic E-state index is 0.0148. The first-order valence-electron chi connectivity index (χ1n) is 12.0. The van der Waals surface area contributed by atoms with Gasteiger partial charge in [-0.15, -0.1) is 0 Å². The molecular weight excluding hydrogens is 470 g/mol. The van der Waals surface area contributed by atoms with E-state index in [2.05, 4.69) is 24.7 Å². The highest BCUT2D eigenvalue weighted by atomic mass is 19.1. The number of aromatic amines is 1. The molecule has 0 radical (unpaired) electrons. The molecule has 0 spiro atoms. The first kappa shape index (κ1) is 22.7. The molecular formula is C26H24F2N4O4. The third kappa shape index (κ3) is 4.44. The molecule has 0 amide bonds. The van der Waals surface area contributed by atoms with Gasteiger partial charge in [0.15, 0.2) is 5.82 Å². The fourth-order valence-electron chi connectivity index (χ4n) is 4.71. The van der Waals surface area contributed by atoms with Crippen LogP contribution in [0, 0.1) is 11.6 Å². The lowest BCUT2D eigenvalue weighted by Crippen LogP contribution is -2.37. The number of anilines is 1. The number of hydrogen-bond acceptors (Lipinski definition) is 7. The standard InChI is InChI=1S/C26H24F2N4O4/c27-20-2-1-3-21(28)22(20)23-19(24(35-30-23)15-4-5-15)14-34-18-10-12-32(13-11-18)17-8-6-16(7-9-17)25-29-26(33)36-31-25/h1-3,6-9,15,18H,4-5,10-14H2,(H,29,31,33). The molecule has 186 valence electrons. The Morgan fingerprint density at radius 2 is 1.69 bits per heavy atom. The fourth-order valence-corrected chi connectivity index (χ4v) is 4.71. The zero-order valence-electron chi connectivity index (χ0n) is 19.4. The van der Waals surface area contributed by atoms with Crippen molar-refractivity contribution < 1.29 is 22.6 Å². The maximum atomic E-state index is 14.5. The number of aromatic nitrogens is 3. The maximum absolute atomic E-state index is 14.5. The third-order valence-corrected chi connectivity index (χ3v) is 6.82. The molecule has 1 aliphatic carbocycles. The van der Waals surface area contributed by atoms with E-state index >= 15 is 0 Å². The molecule has 6 rings (SSSR count). The molecule has 4 aromatic rings. The Morgan fingerprint density at radius 3 is 2.33 bits per heavy atom. The van der Waals surface area contributed by atoms with Crippen LogP contribution in [-0.2, 0) is 11.3 Å². The molecule has 2 aromatic carbocycles. The zero-order valence-corrected chi connectivity index (χ0v) is 19.4. The minimum Gasteiger partial charge on any atom is -0.373 e. The second-order valence-electron chi connectivity index (χ2n) is 9.23. The van der Waals surface area contributed by atoms with Crippen molar-refractivity contribution in [2.45, 2.75) is 44.3 Å². The van der Waals surface area contributed by atoms with Gasteiger partial charge in [0.2, 0.25) is 0 Å². The van der Waals surface area contributed by atoms with Crippen LogP contribution in [0.15, 0.2) is 56.3 Å². The van der Waals surface area contributed by atoms with Crippen LogP contribution in [-0.4, -0.2) is 34.5 Å². The van der Waals surface area contributed by atoms with E-state index in [-0.39, 0.29) is 29.9 Å². The lowest BCUT2D eigenvalue weighted by molar-refractivity contribution is 0.0246. The van der Waals surface area contributed by atoms with E-state index in [4.69, 9.17) is 9.26 Å². The SMILES string of the molecule is O=c1[nH]c(-c2ccc(N3CCC(OCc4c(-c5c(F)cccc5F)noc4C4CC4)CC3)cc2)no1. The number of rotatable bonds is 7. The monoisotopic (exact) mass is 494 g/mol. The quantitative estimate of drug-likeness (QED) is 0.385. The largest absolute Gasteiger partial charge is 0.439 e. The van der Waals surface area contributed by atoms with Crippen molar-refractivity contribution in [3.05, 3.63) is 76.0 Å². The molecule has 3 heterocycles. The molecule has 0 atom stereocenters. The molecule has 0 bridgehead atoms. The first-order valence-corrected chi connectivity index (χ1v) is 12.0. The summed E-state index contributed by atoms with van der Waals surface area (Å²) in [7, 11) is 0. The Balaban J connectivity index is 1.11. The van der Waals surface area contributed by atoms with Gasteiger partial charge in [-0.1, -0.05) is 16.4 Å². The van der Waals surface area contributed by atoms with Crippen LogP contribution >= 0.6 is 0 Å². The van der Waals surface area contributed by atoms with Crippen molar-refractivity contribution in [3.63, 3.8) is 0 Å². The summed E-state index contributed by atoms with van der Waals surface area (Å²) >= 11 is 0. The first-order chi connectivity index (χ1) is 17.6. The van der Waals surface area contributed by atoms with E-state index in [1.807, 2.05) is 24.3 Å². The number of piperidine rings is 1. The van der Waals surface area contributed by atoms with Gasteiger partial charge in [-0.25, -0.2) is 13.6 Å². The van der Waals surface area contributed by atoms with Crippen LogP contribution in [0.5, 0.6) is 0 Å². The highest BCUT2D eigenvalue weighted by molar-refractivity contribution is 5.65. The molecule has 8 nitrogen and oxygen atoms in total. The average Bonchev–Trinajstić information content (AvgIpc) is 3.51. The third-order valence-electron chi connectivity index (χ3n) is 6.82. The second-order valence-corrected chi connectivity index (χ2v) is 9.23. The number of benzene rings is 2. The fraction of sp³-hybridized carbons (Fsp3) is 0.346. The molecule has 2 fully saturated rings. The van der Waals surface area contributed by atoms with Crippen molar-refractivity contribution in [3.8, 4) is 22.6 Å². The molecule has 36 heavy (non-hydrogen) atoms. The van der Waals surface area contributed by atoms with E-state index in [0.29, 0.717) is 17.1 Å². The van der Waals surface area contributed by atoms with Gasteiger partial charge in [0.05, 0.1) is 18.3 Å². The number of nitrogens with zero attached hydrogens (tertiary/aromatic N) is 3. The number of ether oxygens (including phenoxy) is 1. The number of halogens is 2. The second kappa shape index (κ2) is 9.34. The molecule has 0 unspecified atom stereocenters. The Labute approximate surface area is 204 Å². The predicted molar refractivity (Wildman–Crippen MR) is 126 cm³/mol. The van der Waals surface area contributed by atoms with E-state index < -0.39 is 17.4 Å². The van der Waals surface area contributed by atoms with Crippen LogP contribution in [0.1, 0.15) is 42.9 Å². The highest BCUT2D eigenvalue weighted by Crippen LogP contribution is 2.45. The van der Waals surface area contributed by atoms with Crippen molar-refractivity contribution in [2.24, 2.45) is 0 Å². The molecule has 1 aliphatic heterocycles. The summed E-state index contributed by atoms with van der Waals surface area (Å²) in [6.45, 7) is 1.81. The van der Waals surface area contributed by atoms with Gasteiger partial charge in [-0.05, 0) is 62.1 Å². The Kier molecular flexibility index (Phi) is 5.88. The normalized spacial score (nSPS) is 16.6. The van der Waals surface area contributed by atoms with Crippen LogP contribution in [0.3, 0.4) is 0 Å². The smallest absolute Gasteiger partial charge is 0.373 e. The summed E-state index contributed by atoms with van der Waals surface area (Å²) in [6, 6.07) is 11.5. The predicted octanol–water partition coefficient (Wildman–Crippen LogP) is 5.03. The summed E-state index contributed by atoms with van der Waals surface area (Å²) < 4.78 is 45.3. The Morgan fingerprint density at radius 1 is 0.972 bits per heavy atom. The zero-order chi connectivity index (χ0) is 24.6. The molecule has 1 saturated carbocycles. The molecule has 1 saturated heterocycles. The van der Waals surface area contributed by atoms with Crippen molar-refractivity contribution in [2.75, 3.05) is 18.0 Å². The van der Waals surface area contributed by atoms with Crippen LogP contribution in [0.25, 0.3) is 22.6 Å². The van der Waals surface area contributed by atoms with Gasteiger partial charge in [0, 0.05) is 35.8 Å². The van der Waals surface area contributed by atoms with Crippen molar-refractivity contribution in [1.82, 2.24) is 15.3 Å². The van der Waals surface area contributed by atoms with Gasteiger partial charge in [0.25, 0.3) is 0 Å². The van der Waals surface area contributed by atoms with E-state index in [1.54, 1.807) is 0 Å². The van der Waals surface area contributed by atoms with Gasteiger partial charge in [-0.2, -0.15) is 0 Å². The maximum Gasteiger partial charge on any atom is 0.439 e. The lowest BCUT2D eigenvalue weighted by Gasteiger charge is -2.33. The topological polar surface area (TPSA) is 97.4 Å². The number of hydrogen-bond donors (Lipinski definition) is 1. The van der Waals surface area contributed by atoms with Crippen molar-refractivity contribution in [1.29, 1.82) is 0 Å². The van der Waals surface area contributed by atoms with Gasteiger partial charge in [0.1, 0.15) is 23.1 Å². The summed E-state index contributed by atoms with van der Waals surface area (Å²) in [5, 5.41) is 7.75. The van der Waals surface area contributed by atoms with Gasteiger partial charge >= 0.3 is 5.76 Å². The van der Waals surface area contributed by atoms with Crippen LogP contribution in [0.4, 0.5) is 14.5 Å². The Hall–Kier alpha value is -3.79. The van der Waals surface area contributed by atoms with E-state index in [9.17, 15) is 13.6 Å². The highest BCUT2D eigenvalue weighted by Gasteiger charge is 2.34. The molecule has 2 aliphatic rings.